The summed E-state index contributed by atoms with van der Waals surface area (Å²) in [5.74, 6) is 2.38. The third-order valence-corrected chi connectivity index (χ3v) is 8.03. The van der Waals surface area contributed by atoms with Crippen LogP contribution in [0.15, 0.2) is 10.1 Å². The number of rotatable bonds is 11. The Hall–Kier alpha value is -2.46. The lowest BCUT2D eigenvalue weighted by molar-refractivity contribution is 0.108. The molecular weight excluding hydrogens is 444 g/mol. The van der Waals surface area contributed by atoms with E-state index in [2.05, 4.69) is 43.9 Å². The van der Waals surface area contributed by atoms with E-state index in [9.17, 15) is 5.21 Å². The number of likely N-dealkylation sites (tertiary alicyclic amines) is 1. The molecule has 1 aliphatic heterocycles. The van der Waals surface area contributed by atoms with Gasteiger partial charge in [0.25, 0.3) is 0 Å². The molecule has 0 amide bonds. The number of nitrogens with one attached hydrogen (secondary N) is 1. The van der Waals surface area contributed by atoms with E-state index in [1.807, 2.05) is 0 Å². The maximum Gasteiger partial charge on any atom is 0.208 e. The summed E-state index contributed by atoms with van der Waals surface area (Å²) in [5, 5.41) is 16.1. The van der Waals surface area contributed by atoms with E-state index in [-0.39, 0.29) is 23.8 Å². The van der Waals surface area contributed by atoms with Crippen LogP contribution in [-0.4, -0.2) is 78.2 Å². The van der Waals surface area contributed by atoms with Crippen LogP contribution < -0.4 is 16.0 Å². The van der Waals surface area contributed by atoms with Crippen LogP contribution in [0.25, 0.3) is 0 Å². The second-order valence-electron chi connectivity index (χ2n) is 10.4. The number of hydrogen-bond acceptors (Lipinski definition) is 9. The van der Waals surface area contributed by atoms with Crippen molar-refractivity contribution in [2.24, 2.45) is 27.7 Å². The third kappa shape index (κ3) is 6.22. The molecule has 4 N–H and O–H groups in total. The summed E-state index contributed by atoms with van der Waals surface area (Å²) in [5.41, 5.74) is 6.76. The van der Waals surface area contributed by atoms with Gasteiger partial charge in [0.15, 0.2) is 11.6 Å². The monoisotopic (exact) mass is 486 g/mol. The summed E-state index contributed by atoms with van der Waals surface area (Å²) in [6, 6.07) is 0.247. The molecule has 1 aromatic heterocycles. The highest BCUT2D eigenvalue weighted by Crippen LogP contribution is 2.38. The third-order valence-electron chi connectivity index (χ3n) is 8.03. The Morgan fingerprint density at radius 1 is 1.23 bits per heavy atom. The first-order valence-corrected chi connectivity index (χ1v) is 13.2. The van der Waals surface area contributed by atoms with Crippen LogP contribution in [0.5, 0.6) is 0 Å². The SMILES string of the molecule is C=Nc1nc(/C(N)=N/O)nc(N[C@H](C)C2CCC2)c1N(CC1CCCCC1)CN1CCC(OC)C1. The molecule has 1 saturated heterocycles. The van der Waals surface area contributed by atoms with Crippen LogP contribution in [0.2, 0.25) is 0 Å². The van der Waals surface area contributed by atoms with Crippen LogP contribution in [0.1, 0.15) is 70.5 Å². The number of anilines is 2. The van der Waals surface area contributed by atoms with Crippen molar-refractivity contribution >= 4 is 29.9 Å². The van der Waals surface area contributed by atoms with E-state index in [0.29, 0.717) is 23.5 Å². The number of nitrogens with zero attached hydrogens (tertiary/aromatic N) is 6. The van der Waals surface area contributed by atoms with E-state index < -0.39 is 0 Å². The van der Waals surface area contributed by atoms with E-state index in [1.54, 1.807) is 7.11 Å². The van der Waals surface area contributed by atoms with Crippen molar-refractivity contribution in [2.45, 2.75) is 76.9 Å². The van der Waals surface area contributed by atoms with Crippen molar-refractivity contribution in [3.63, 3.8) is 0 Å². The van der Waals surface area contributed by atoms with Crippen LogP contribution in [0.4, 0.5) is 17.3 Å². The second-order valence-corrected chi connectivity index (χ2v) is 10.4. The molecule has 4 rings (SSSR count). The Morgan fingerprint density at radius 2 is 2.00 bits per heavy atom. The Morgan fingerprint density at radius 3 is 2.60 bits per heavy atom. The highest BCUT2D eigenvalue weighted by atomic mass is 16.5. The van der Waals surface area contributed by atoms with Crippen LogP contribution in [0.3, 0.4) is 0 Å². The van der Waals surface area contributed by atoms with Gasteiger partial charge in [-0.1, -0.05) is 30.8 Å². The van der Waals surface area contributed by atoms with Gasteiger partial charge < -0.3 is 25.9 Å². The lowest BCUT2D eigenvalue weighted by Crippen LogP contribution is -2.41. The van der Waals surface area contributed by atoms with Gasteiger partial charge in [-0.05, 0) is 57.6 Å². The van der Waals surface area contributed by atoms with Crippen LogP contribution in [-0.2, 0) is 4.74 Å². The number of ether oxygens (including phenoxy) is 1. The van der Waals surface area contributed by atoms with Gasteiger partial charge in [-0.25, -0.2) is 15.0 Å². The lowest BCUT2D eigenvalue weighted by atomic mass is 9.80. The number of amidine groups is 1. The summed E-state index contributed by atoms with van der Waals surface area (Å²) in [7, 11) is 1.79. The zero-order valence-electron chi connectivity index (χ0n) is 21.3. The fourth-order valence-corrected chi connectivity index (χ4v) is 5.64. The zero-order valence-corrected chi connectivity index (χ0v) is 21.3. The van der Waals surface area contributed by atoms with E-state index in [4.69, 9.17) is 15.5 Å². The quantitative estimate of drug-likeness (QED) is 0.188. The first kappa shape index (κ1) is 25.6. The van der Waals surface area contributed by atoms with Gasteiger partial charge in [0.2, 0.25) is 11.7 Å². The van der Waals surface area contributed by atoms with Gasteiger partial charge in [0, 0.05) is 32.8 Å². The van der Waals surface area contributed by atoms with E-state index in [0.717, 1.165) is 38.4 Å². The molecule has 3 fully saturated rings. The molecule has 10 heteroatoms. The Labute approximate surface area is 209 Å². The molecule has 0 spiro atoms. The fourth-order valence-electron chi connectivity index (χ4n) is 5.64. The predicted molar refractivity (Wildman–Crippen MR) is 140 cm³/mol. The fraction of sp³-hybridized carbons (Fsp3) is 0.760. The Bertz CT molecular complexity index is 884. The minimum Gasteiger partial charge on any atom is -0.409 e. The number of nitrogens with two attached hydrogens (primary N) is 1. The van der Waals surface area contributed by atoms with Crippen molar-refractivity contribution in [1.29, 1.82) is 0 Å². The molecule has 0 aromatic carbocycles. The van der Waals surface area contributed by atoms with Crippen LogP contribution in [0, 0.1) is 11.8 Å². The standard InChI is InChI=1S/C25H42N8O2/c1-17(19-10-7-11-19)28-24-21(23(27-2)29-25(30-24)22(26)31-34)33(14-18-8-5-4-6-9-18)16-32-13-12-20(15-32)35-3/h17-20,34H,2,4-16H2,1,3H3,(H2,26,31)(H,28,29,30)/t17-,20?/m1/s1. The molecule has 0 radical (unpaired) electrons. The van der Waals surface area contributed by atoms with Crippen molar-refractivity contribution in [2.75, 3.05) is 43.6 Å². The molecule has 3 aliphatic rings. The van der Waals surface area contributed by atoms with Crippen molar-refractivity contribution < 1.29 is 9.94 Å². The number of aliphatic imine (C=N–C) groups is 1. The number of oxime groups is 1. The van der Waals surface area contributed by atoms with E-state index >= 15 is 0 Å². The van der Waals surface area contributed by atoms with Gasteiger partial charge in [-0.3, -0.25) is 4.90 Å². The second kappa shape index (κ2) is 12.0. The molecule has 1 unspecified atom stereocenters. The summed E-state index contributed by atoms with van der Waals surface area (Å²) in [6.45, 7) is 9.57. The first-order valence-electron chi connectivity index (χ1n) is 13.2. The number of aromatic nitrogens is 2. The highest BCUT2D eigenvalue weighted by Gasteiger charge is 2.31. The normalized spacial score (nSPS) is 23.1. The van der Waals surface area contributed by atoms with Gasteiger partial charge >= 0.3 is 0 Å². The number of methoxy groups -OCH3 is 1. The van der Waals surface area contributed by atoms with Crippen molar-refractivity contribution in [3.8, 4) is 0 Å². The smallest absolute Gasteiger partial charge is 0.208 e. The Kier molecular flexibility index (Phi) is 8.78. The maximum absolute atomic E-state index is 9.28. The first-order chi connectivity index (χ1) is 17.0. The maximum atomic E-state index is 9.28. The summed E-state index contributed by atoms with van der Waals surface area (Å²) in [6.07, 6.45) is 11.3. The van der Waals surface area contributed by atoms with Crippen LogP contribution >= 0.6 is 0 Å². The average molecular weight is 487 g/mol. The lowest BCUT2D eigenvalue weighted by Gasteiger charge is -2.37. The molecule has 10 nitrogen and oxygen atoms in total. The molecular formula is C25H42N8O2. The predicted octanol–water partition coefficient (Wildman–Crippen LogP) is 3.57. The van der Waals surface area contributed by atoms with Crippen molar-refractivity contribution in [3.05, 3.63) is 5.82 Å². The molecule has 2 heterocycles. The molecule has 194 valence electrons. The number of hydrogen-bond donors (Lipinski definition) is 3. The molecule has 1 aromatic rings. The van der Waals surface area contributed by atoms with Crippen molar-refractivity contribution in [1.82, 2.24) is 14.9 Å². The minimum absolute atomic E-state index is 0.137. The highest BCUT2D eigenvalue weighted by molar-refractivity contribution is 5.95. The van der Waals surface area contributed by atoms with Gasteiger partial charge in [-0.15, -0.1) is 0 Å². The van der Waals surface area contributed by atoms with E-state index in [1.165, 1.54) is 51.4 Å². The molecule has 2 aliphatic carbocycles. The molecule has 35 heavy (non-hydrogen) atoms. The molecule has 2 saturated carbocycles. The molecule has 0 bridgehead atoms. The van der Waals surface area contributed by atoms with Gasteiger partial charge in [0.05, 0.1) is 12.8 Å². The average Bonchev–Trinajstić information content (AvgIpc) is 3.29. The minimum atomic E-state index is -0.137. The summed E-state index contributed by atoms with van der Waals surface area (Å²) < 4.78 is 5.62. The summed E-state index contributed by atoms with van der Waals surface area (Å²) >= 11 is 0. The zero-order chi connectivity index (χ0) is 24.8. The topological polar surface area (TPSA) is 124 Å². The Balaban J connectivity index is 1.70. The van der Waals surface area contributed by atoms with Gasteiger partial charge in [-0.2, -0.15) is 0 Å². The van der Waals surface area contributed by atoms with Gasteiger partial charge in [0.1, 0.15) is 5.69 Å². The largest absolute Gasteiger partial charge is 0.409 e. The molecule has 2 atom stereocenters. The summed E-state index contributed by atoms with van der Waals surface area (Å²) in [4.78, 5) is 18.4.